The fourth-order valence-electron chi connectivity index (χ4n) is 7.09. The fraction of sp³-hybridized carbons (Fsp3) is 0.0682. The third kappa shape index (κ3) is 4.79. The van der Waals surface area contributed by atoms with E-state index in [0.717, 1.165) is 45.8 Å². The van der Waals surface area contributed by atoms with Crippen molar-refractivity contribution >= 4 is 48.8 Å². The molecule has 222 valence electrons. The Bertz CT molecular complexity index is 2420. The van der Waals surface area contributed by atoms with Crippen LogP contribution >= 0.6 is 0 Å². The number of allylic oxidation sites excluding steroid dienone is 1. The molecule has 1 aromatic heterocycles. The van der Waals surface area contributed by atoms with Crippen molar-refractivity contribution in [3.8, 4) is 33.9 Å². The molecule has 0 aliphatic carbocycles. The van der Waals surface area contributed by atoms with Gasteiger partial charge in [0.2, 0.25) is 0 Å². The first-order valence-corrected chi connectivity index (χ1v) is 16.2. The number of hydrogen-bond donors (Lipinski definition) is 0. The Morgan fingerprint density at radius 2 is 0.957 bits per heavy atom. The van der Waals surface area contributed by atoms with Crippen LogP contribution < -0.4 is 0 Å². The number of hydrogen-bond acceptors (Lipinski definition) is 3. The highest BCUT2D eigenvalue weighted by atomic mass is 14.9. The minimum Gasteiger partial charge on any atom is -0.261 e. The topological polar surface area (TPSA) is 38.1 Å². The lowest BCUT2D eigenvalue weighted by molar-refractivity contribution is 0.756. The molecule has 0 spiro atoms. The van der Waals surface area contributed by atoms with Crippen molar-refractivity contribution in [1.29, 1.82) is 0 Å². The second kappa shape index (κ2) is 11.1. The van der Waals surface area contributed by atoms with Crippen molar-refractivity contribution in [2.45, 2.75) is 13.3 Å². The minimum absolute atomic E-state index is 0.485. The average molecular weight is 602 g/mol. The summed E-state index contributed by atoms with van der Waals surface area (Å²) in [4.78, 5) is 15.3. The van der Waals surface area contributed by atoms with Crippen LogP contribution in [0.15, 0.2) is 157 Å². The van der Waals surface area contributed by atoms with E-state index < -0.39 is 0 Å². The van der Waals surface area contributed by atoms with Crippen LogP contribution in [0.4, 0.5) is 0 Å². The Morgan fingerprint density at radius 3 is 1.49 bits per heavy atom. The number of aliphatic imine (C=N–C) groups is 1. The monoisotopic (exact) mass is 601 g/mol. The number of nitrogens with zero attached hydrogens (tertiary/aromatic N) is 3. The number of fused-ring (bicyclic) bond motifs is 6. The predicted octanol–water partition coefficient (Wildman–Crippen LogP) is 11.4. The van der Waals surface area contributed by atoms with E-state index in [1.54, 1.807) is 0 Å². The van der Waals surface area contributed by atoms with Crippen LogP contribution in [0.5, 0.6) is 0 Å². The molecule has 0 bridgehead atoms. The molecular weight excluding hydrogens is 571 g/mol. The molecule has 7 aromatic carbocycles. The van der Waals surface area contributed by atoms with E-state index in [-0.39, 0.29) is 0 Å². The number of benzene rings is 7. The van der Waals surface area contributed by atoms with E-state index in [2.05, 4.69) is 158 Å². The molecule has 0 fully saturated rings. The van der Waals surface area contributed by atoms with Gasteiger partial charge in [-0.25, -0.2) is 9.97 Å². The molecule has 3 heteroatoms. The predicted molar refractivity (Wildman–Crippen MR) is 198 cm³/mol. The lowest BCUT2D eigenvalue weighted by Gasteiger charge is -2.16. The Balaban J connectivity index is 1.30. The summed E-state index contributed by atoms with van der Waals surface area (Å²) in [5, 5.41) is 9.68. The summed E-state index contributed by atoms with van der Waals surface area (Å²) >= 11 is 0. The third-order valence-corrected chi connectivity index (χ3v) is 9.45. The van der Waals surface area contributed by atoms with Crippen molar-refractivity contribution in [3.05, 3.63) is 157 Å². The van der Waals surface area contributed by atoms with Crippen molar-refractivity contribution in [3.63, 3.8) is 0 Å². The first-order valence-electron chi connectivity index (χ1n) is 16.2. The van der Waals surface area contributed by atoms with E-state index in [0.29, 0.717) is 11.7 Å². The summed E-state index contributed by atoms with van der Waals surface area (Å²) in [7, 11) is 0. The van der Waals surface area contributed by atoms with Crippen molar-refractivity contribution in [2.75, 3.05) is 0 Å². The molecule has 0 saturated carbocycles. The smallest absolute Gasteiger partial charge is 0.160 e. The van der Waals surface area contributed by atoms with E-state index in [4.69, 9.17) is 9.97 Å². The molecule has 2 heterocycles. The van der Waals surface area contributed by atoms with Gasteiger partial charge in [-0.15, -0.1) is 0 Å². The maximum absolute atomic E-state index is 5.30. The molecule has 0 saturated heterocycles. The molecule has 1 atom stereocenters. The van der Waals surface area contributed by atoms with Gasteiger partial charge in [-0.1, -0.05) is 134 Å². The first kappa shape index (κ1) is 27.4. The Labute approximate surface area is 273 Å². The summed E-state index contributed by atoms with van der Waals surface area (Å²) in [6.45, 7) is 2.23. The molecule has 1 aliphatic heterocycles. The summed E-state index contributed by atoms with van der Waals surface area (Å²) in [6, 6.07) is 49.9. The van der Waals surface area contributed by atoms with Gasteiger partial charge in [0.1, 0.15) is 0 Å². The van der Waals surface area contributed by atoms with E-state index in [1.807, 2.05) is 6.20 Å². The van der Waals surface area contributed by atoms with Gasteiger partial charge in [0.05, 0.1) is 11.4 Å². The molecule has 0 radical (unpaired) electrons. The molecule has 3 nitrogen and oxygen atoms in total. The molecule has 0 N–H and O–H groups in total. The van der Waals surface area contributed by atoms with Gasteiger partial charge in [0.15, 0.2) is 5.82 Å². The van der Waals surface area contributed by atoms with Crippen molar-refractivity contribution < 1.29 is 0 Å². The van der Waals surface area contributed by atoms with Gasteiger partial charge < -0.3 is 0 Å². The third-order valence-electron chi connectivity index (χ3n) is 9.45. The maximum atomic E-state index is 5.30. The maximum Gasteiger partial charge on any atom is 0.160 e. The highest BCUT2D eigenvalue weighted by Crippen LogP contribution is 2.39. The van der Waals surface area contributed by atoms with Crippen LogP contribution in [-0.2, 0) is 0 Å². The van der Waals surface area contributed by atoms with Gasteiger partial charge in [-0.05, 0) is 79.2 Å². The molecule has 0 amide bonds. The van der Waals surface area contributed by atoms with Gasteiger partial charge >= 0.3 is 0 Å². The van der Waals surface area contributed by atoms with Crippen LogP contribution in [0.3, 0.4) is 0 Å². The van der Waals surface area contributed by atoms with E-state index in [9.17, 15) is 0 Å². The normalized spacial score (nSPS) is 14.7. The molecule has 9 rings (SSSR count). The minimum atomic E-state index is 0.485. The zero-order valence-electron chi connectivity index (χ0n) is 26.1. The Morgan fingerprint density at radius 1 is 0.489 bits per heavy atom. The zero-order valence-corrected chi connectivity index (χ0v) is 26.1. The van der Waals surface area contributed by atoms with Crippen LogP contribution in [0.25, 0.3) is 77.0 Å². The Kier molecular flexibility index (Phi) is 6.50. The average Bonchev–Trinajstić information content (AvgIpc) is 3.14. The lowest BCUT2D eigenvalue weighted by atomic mass is 9.93. The van der Waals surface area contributed by atoms with Crippen LogP contribution in [0.2, 0.25) is 0 Å². The summed E-state index contributed by atoms with van der Waals surface area (Å²) in [5.74, 6) is 1.19. The van der Waals surface area contributed by atoms with E-state index >= 15 is 0 Å². The van der Waals surface area contributed by atoms with Gasteiger partial charge in [-0.3, -0.25) is 4.99 Å². The van der Waals surface area contributed by atoms with Gasteiger partial charge in [0, 0.05) is 28.6 Å². The molecular formula is C44H31N3. The Hall–Kier alpha value is -5.93. The van der Waals surface area contributed by atoms with Gasteiger partial charge in [0.25, 0.3) is 0 Å². The van der Waals surface area contributed by atoms with Crippen molar-refractivity contribution in [1.82, 2.24) is 9.97 Å². The quantitative estimate of drug-likeness (QED) is 0.188. The highest BCUT2D eigenvalue weighted by molar-refractivity contribution is 6.15. The molecule has 1 unspecified atom stereocenters. The number of aromatic nitrogens is 2. The fourth-order valence-corrected chi connectivity index (χ4v) is 7.09. The van der Waals surface area contributed by atoms with Gasteiger partial charge in [-0.2, -0.15) is 0 Å². The molecule has 1 aliphatic rings. The molecule has 47 heavy (non-hydrogen) atoms. The lowest BCUT2D eigenvalue weighted by Crippen LogP contribution is -2.08. The molecule has 8 aromatic rings. The highest BCUT2D eigenvalue weighted by Gasteiger charge is 2.17. The number of rotatable bonds is 4. The zero-order chi connectivity index (χ0) is 31.3. The SMILES string of the molecule is CC1C=CN=C(c2ccc(-c3nc(-c4cc5ccccc5c5ccccc45)cc(-c4cc5ccccc5c5ccccc45)n3)cc2)C1. The summed E-state index contributed by atoms with van der Waals surface area (Å²) < 4.78 is 0. The first-order chi connectivity index (χ1) is 23.2. The van der Waals surface area contributed by atoms with Crippen LogP contribution in [0.1, 0.15) is 18.9 Å². The van der Waals surface area contributed by atoms with Crippen molar-refractivity contribution in [2.24, 2.45) is 10.9 Å². The second-order valence-electron chi connectivity index (χ2n) is 12.5. The summed E-state index contributed by atoms with van der Waals surface area (Å²) in [5.41, 5.74) is 7.25. The second-order valence-corrected chi connectivity index (χ2v) is 12.5. The summed E-state index contributed by atoms with van der Waals surface area (Å²) in [6.07, 6.45) is 5.03. The largest absolute Gasteiger partial charge is 0.261 e. The standard InChI is InChI=1S/C44H31N3/c1-28-22-23-45-41(24-28)29-18-20-30(21-19-29)44-46-42(39-25-31-10-2-4-12-33(31)35-14-6-8-16-37(35)39)27-43(47-44)40-26-32-11-3-5-13-34(32)36-15-7-9-17-38(36)40/h2-23,25-28H,24H2,1H3. The van der Waals surface area contributed by atoms with E-state index in [1.165, 1.54) is 43.1 Å². The van der Waals surface area contributed by atoms with Crippen LogP contribution in [0, 0.1) is 5.92 Å². The van der Waals surface area contributed by atoms with Crippen LogP contribution in [-0.4, -0.2) is 15.7 Å².